The van der Waals surface area contributed by atoms with Crippen LogP contribution >= 0.6 is 11.6 Å². The molecule has 6 heteroatoms. The van der Waals surface area contributed by atoms with Crippen LogP contribution in [-0.2, 0) is 0 Å². The molecule has 0 saturated carbocycles. The summed E-state index contributed by atoms with van der Waals surface area (Å²) < 4.78 is 11.0. The lowest BCUT2D eigenvalue weighted by molar-refractivity contribution is 0.404. The number of nitrogens with zero attached hydrogens (tertiary/aromatic N) is 1. The summed E-state index contributed by atoms with van der Waals surface area (Å²) in [7, 11) is 3.32. The van der Waals surface area contributed by atoms with Crippen LogP contribution in [0.4, 0.5) is 0 Å². The van der Waals surface area contributed by atoms with Gasteiger partial charge in [0, 0.05) is 28.0 Å². The molecule has 1 aliphatic heterocycles. The second-order valence-corrected chi connectivity index (χ2v) is 6.22. The Labute approximate surface area is 150 Å². The summed E-state index contributed by atoms with van der Waals surface area (Å²) in [6, 6.07) is 11.6. The molecule has 5 nitrogen and oxygen atoms in total. The molecule has 0 aliphatic carbocycles. The molecule has 0 bridgehead atoms. The molecule has 3 aromatic rings. The summed E-state index contributed by atoms with van der Waals surface area (Å²) in [5.74, 6) is 2.39. The zero-order valence-electron chi connectivity index (χ0n) is 14.0. The van der Waals surface area contributed by atoms with Gasteiger partial charge >= 0.3 is 0 Å². The van der Waals surface area contributed by atoms with Crippen molar-refractivity contribution in [3.8, 4) is 22.8 Å². The van der Waals surface area contributed by atoms with E-state index in [1.54, 1.807) is 14.2 Å². The van der Waals surface area contributed by atoms with E-state index >= 15 is 0 Å². The number of methoxy groups -OCH3 is 2. The Balaban J connectivity index is 2.03. The van der Waals surface area contributed by atoms with Crippen LogP contribution in [0, 0.1) is 0 Å². The Morgan fingerprint density at radius 2 is 1.96 bits per heavy atom. The number of hydrogen-bond donors (Lipinski definition) is 2. The topological polar surface area (TPSA) is 58.6 Å². The lowest BCUT2D eigenvalue weighted by Crippen LogP contribution is -2.19. The molecule has 1 aliphatic rings. The molecule has 0 radical (unpaired) electrons. The van der Waals surface area contributed by atoms with Gasteiger partial charge in [-0.1, -0.05) is 11.6 Å². The molecule has 0 atom stereocenters. The Bertz CT molecular complexity index is 978. The number of fused-ring (bicyclic) bond motifs is 1. The van der Waals surface area contributed by atoms with Gasteiger partial charge in [-0.2, -0.15) is 0 Å². The number of ether oxygens (including phenoxy) is 2. The number of halogens is 1. The second-order valence-electron chi connectivity index (χ2n) is 5.79. The second kappa shape index (κ2) is 6.33. The molecule has 0 unspecified atom stereocenters. The predicted octanol–water partition coefficient (Wildman–Crippen LogP) is 3.86. The Morgan fingerprint density at radius 3 is 2.68 bits per heavy atom. The highest BCUT2D eigenvalue weighted by atomic mass is 35.5. The van der Waals surface area contributed by atoms with Crippen LogP contribution in [0.5, 0.6) is 11.5 Å². The number of aliphatic imine (C=N–C) groups is 1. The van der Waals surface area contributed by atoms with Gasteiger partial charge in [-0.3, -0.25) is 4.99 Å². The van der Waals surface area contributed by atoms with E-state index in [0.717, 1.165) is 58.1 Å². The standard InChI is InChI=1S/C19H18ClN3O2/c1-24-12-4-6-16(25-2)14(10-12)18-17(19-21-7-8-22-19)13-9-11(20)3-5-15(13)23-18/h3-6,9-10,23H,7-8H2,1-2H3,(H,21,22). The normalized spacial score (nSPS) is 13.6. The van der Waals surface area contributed by atoms with Crippen LogP contribution in [0.2, 0.25) is 5.02 Å². The van der Waals surface area contributed by atoms with Crippen LogP contribution in [0.1, 0.15) is 5.56 Å². The van der Waals surface area contributed by atoms with Crippen molar-refractivity contribution in [2.24, 2.45) is 4.99 Å². The number of nitrogens with one attached hydrogen (secondary N) is 2. The zero-order chi connectivity index (χ0) is 17.4. The van der Waals surface area contributed by atoms with E-state index in [1.165, 1.54) is 0 Å². The average molecular weight is 356 g/mol. The molecular weight excluding hydrogens is 338 g/mol. The summed E-state index contributed by atoms with van der Waals surface area (Å²) in [6.07, 6.45) is 0. The van der Waals surface area contributed by atoms with Gasteiger partial charge in [-0.15, -0.1) is 0 Å². The fraction of sp³-hybridized carbons (Fsp3) is 0.211. The van der Waals surface area contributed by atoms with E-state index in [0.29, 0.717) is 5.02 Å². The first-order valence-corrected chi connectivity index (χ1v) is 8.41. The van der Waals surface area contributed by atoms with Crippen molar-refractivity contribution in [2.75, 3.05) is 27.3 Å². The third kappa shape index (κ3) is 2.70. The molecule has 2 heterocycles. The summed E-state index contributed by atoms with van der Waals surface area (Å²) in [4.78, 5) is 8.11. The maximum atomic E-state index is 6.24. The summed E-state index contributed by atoms with van der Waals surface area (Å²) in [5, 5.41) is 5.08. The van der Waals surface area contributed by atoms with Crippen LogP contribution in [0.25, 0.3) is 22.2 Å². The van der Waals surface area contributed by atoms with E-state index in [1.807, 2.05) is 36.4 Å². The molecule has 0 spiro atoms. The molecule has 0 saturated heterocycles. The van der Waals surface area contributed by atoms with Crippen LogP contribution in [-0.4, -0.2) is 38.1 Å². The third-order valence-corrected chi connectivity index (χ3v) is 4.58. The number of hydrogen-bond acceptors (Lipinski definition) is 4. The van der Waals surface area contributed by atoms with E-state index in [9.17, 15) is 0 Å². The van der Waals surface area contributed by atoms with Crippen molar-refractivity contribution in [1.29, 1.82) is 0 Å². The average Bonchev–Trinajstić information content (AvgIpc) is 3.27. The minimum absolute atomic E-state index is 0.690. The number of H-pyrrole nitrogens is 1. The molecule has 0 fully saturated rings. The van der Waals surface area contributed by atoms with Gasteiger partial charge in [0.05, 0.1) is 32.0 Å². The van der Waals surface area contributed by atoms with Crippen molar-refractivity contribution < 1.29 is 9.47 Å². The highest BCUT2D eigenvalue weighted by Gasteiger charge is 2.22. The summed E-state index contributed by atoms with van der Waals surface area (Å²) in [5.41, 5.74) is 3.85. The van der Waals surface area contributed by atoms with E-state index in [4.69, 9.17) is 21.1 Å². The number of aromatic amines is 1. The van der Waals surface area contributed by atoms with Gasteiger partial charge < -0.3 is 19.8 Å². The van der Waals surface area contributed by atoms with Crippen molar-refractivity contribution in [2.45, 2.75) is 0 Å². The van der Waals surface area contributed by atoms with Gasteiger partial charge in [0.25, 0.3) is 0 Å². The monoisotopic (exact) mass is 355 g/mol. The first-order valence-electron chi connectivity index (χ1n) is 8.03. The number of amidine groups is 1. The predicted molar refractivity (Wildman–Crippen MR) is 101 cm³/mol. The number of rotatable bonds is 4. The molecule has 0 amide bonds. The van der Waals surface area contributed by atoms with Gasteiger partial charge in [-0.05, 0) is 36.4 Å². The minimum atomic E-state index is 0.690. The van der Waals surface area contributed by atoms with E-state index in [-0.39, 0.29) is 0 Å². The van der Waals surface area contributed by atoms with Crippen molar-refractivity contribution in [3.63, 3.8) is 0 Å². The SMILES string of the molecule is COc1ccc(OC)c(-c2[nH]c3ccc(Cl)cc3c2C2=NCCN2)c1. The Morgan fingerprint density at radius 1 is 1.08 bits per heavy atom. The summed E-state index contributed by atoms with van der Waals surface area (Å²) >= 11 is 6.24. The molecule has 1 aromatic heterocycles. The van der Waals surface area contributed by atoms with Gasteiger partial charge in [0.15, 0.2) is 0 Å². The molecule has 2 N–H and O–H groups in total. The fourth-order valence-corrected chi connectivity index (χ4v) is 3.36. The minimum Gasteiger partial charge on any atom is -0.497 e. The van der Waals surface area contributed by atoms with Crippen molar-refractivity contribution in [3.05, 3.63) is 47.0 Å². The van der Waals surface area contributed by atoms with Gasteiger partial charge in [0.2, 0.25) is 0 Å². The third-order valence-electron chi connectivity index (χ3n) is 4.35. The van der Waals surface area contributed by atoms with E-state index in [2.05, 4.69) is 15.3 Å². The highest BCUT2D eigenvalue weighted by molar-refractivity contribution is 6.31. The number of benzene rings is 2. The molecule has 4 rings (SSSR count). The molecule has 25 heavy (non-hydrogen) atoms. The van der Waals surface area contributed by atoms with Crippen LogP contribution in [0.15, 0.2) is 41.4 Å². The number of aromatic nitrogens is 1. The van der Waals surface area contributed by atoms with E-state index < -0.39 is 0 Å². The maximum absolute atomic E-state index is 6.24. The molecule has 128 valence electrons. The lowest BCUT2D eigenvalue weighted by atomic mass is 10.0. The fourth-order valence-electron chi connectivity index (χ4n) is 3.19. The zero-order valence-corrected chi connectivity index (χ0v) is 14.8. The summed E-state index contributed by atoms with van der Waals surface area (Å²) in [6.45, 7) is 1.59. The molecule has 2 aromatic carbocycles. The maximum Gasteiger partial charge on any atom is 0.131 e. The quantitative estimate of drug-likeness (QED) is 0.747. The highest BCUT2D eigenvalue weighted by Crippen LogP contribution is 2.38. The Hall–Kier alpha value is -2.66. The van der Waals surface area contributed by atoms with Crippen molar-refractivity contribution in [1.82, 2.24) is 10.3 Å². The largest absolute Gasteiger partial charge is 0.497 e. The first-order chi connectivity index (χ1) is 12.2. The van der Waals surface area contributed by atoms with Gasteiger partial charge in [-0.25, -0.2) is 0 Å². The first kappa shape index (κ1) is 15.8. The van der Waals surface area contributed by atoms with Crippen LogP contribution in [0.3, 0.4) is 0 Å². The van der Waals surface area contributed by atoms with Gasteiger partial charge in [0.1, 0.15) is 17.3 Å². The lowest BCUT2D eigenvalue weighted by Gasteiger charge is -2.12. The smallest absolute Gasteiger partial charge is 0.131 e. The Kier molecular flexibility index (Phi) is 4.01. The van der Waals surface area contributed by atoms with Crippen molar-refractivity contribution >= 4 is 28.3 Å². The molecular formula is C19H18ClN3O2. The van der Waals surface area contributed by atoms with Crippen LogP contribution < -0.4 is 14.8 Å².